The summed E-state index contributed by atoms with van der Waals surface area (Å²) >= 11 is 1.47. The lowest BCUT2D eigenvalue weighted by Crippen LogP contribution is -1.65. The summed E-state index contributed by atoms with van der Waals surface area (Å²) in [6.45, 7) is 0. The minimum absolute atomic E-state index is 1.00. The molecule has 3 nitrogen and oxygen atoms in total. The monoisotopic (exact) mass is 177 g/mol. The highest BCUT2D eigenvalue weighted by Crippen LogP contribution is 2.08. The molecular formula is C8H7N3S. The highest BCUT2D eigenvalue weighted by Gasteiger charge is 1.88. The van der Waals surface area contributed by atoms with Crippen molar-refractivity contribution < 1.29 is 0 Å². The van der Waals surface area contributed by atoms with Crippen molar-refractivity contribution in [2.45, 2.75) is 0 Å². The van der Waals surface area contributed by atoms with E-state index in [1.165, 1.54) is 11.5 Å². The van der Waals surface area contributed by atoms with Crippen molar-refractivity contribution in [1.82, 2.24) is 14.3 Å². The first-order valence-electron chi connectivity index (χ1n) is 3.52. The molecule has 0 aromatic carbocycles. The Labute approximate surface area is 74.0 Å². The van der Waals surface area contributed by atoms with Gasteiger partial charge in [0.25, 0.3) is 0 Å². The van der Waals surface area contributed by atoms with E-state index in [0.717, 1.165) is 10.6 Å². The zero-order valence-corrected chi connectivity index (χ0v) is 7.08. The van der Waals surface area contributed by atoms with E-state index in [1.54, 1.807) is 18.7 Å². The smallest absolute Gasteiger partial charge is 0.0924 e. The number of aromatic amines is 1. The molecule has 0 atom stereocenters. The molecule has 1 N–H and O–H groups in total. The van der Waals surface area contributed by atoms with E-state index in [4.69, 9.17) is 0 Å². The number of nitrogens with one attached hydrogen (secondary N) is 1. The van der Waals surface area contributed by atoms with Crippen molar-refractivity contribution in [3.63, 3.8) is 0 Å². The Morgan fingerprint density at radius 1 is 1.42 bits per heavy atom. The molecule has 0 aliphatic carbocycles. The van der Waals surface area contributed by atoms with Crippen molar-refractivity contribution in [2.24, 2.45) is 0 Å². The highest BCUT2D eigenvalue weighted by molar-refractivity contribution is 7.06. The number of aromatic nitrogens is 3. The van der Waals surface area contributed by atoms with E-state index in [1.807, 2.05) is 18.2 Å². The van der Waals surface area contributed by atoms with E-state index in [-0.39, 0.29) is 0 Å². The summed E-state index contributed by atoms with van der Waals surface area (Å²) in [5, 5.41) is 0. The summed E-state index contributed by atoms with van der Waals surface area (Å²) in [4.78, 5) is 8.03. The van der Waals surface area contributed by atoms with Gasteiger partial charge in [-0.05, 0) is 29.8 Å². The van der Waals surface area contributed by atoms with Gasteiger partial charge in [-0.25, -0.2) is 9.36 Å². The summed E-state index contributed by atoms with van der Waals surface area (Å²) in [7, 11) is 0. The minimum Gasteiger partial charge on any atom is -0.345 e. The van der Waals surface area contributed by atoms with Crippen LogP contribution in [-0.2, 0) is 0 Å². The van der Waals surface area contributed by atoms with Gasteiger partial charge >= 0.3 is 0 Å². The van der Waals surface area contributed by atoms with Gasteiger partial charge < -0.3 is 4.98 Å². The van der Waals surface area contributed by atoms with Crippen LogP contribution < -0.4 is 0 Å². The van der Waals surface area contributed by atoms with Crippen molar-refractivity contribution >= 4 is 23.7 Å². The number of imidazole rings is 1. The number of rotatable bonds is 2. The van der Waals surface area contributed by atoms with Crippen molar-refractivity contribution in [1.29, 1.82) is 0 Å². The second kappa shape index (κ2) is 3.32. The van der Waals surface area contributed by atoms with Crippen molar-refractivity contribution in [3.05, 3.63) is 35.4 Å². The lowest BCUT2D eigenvalue weighted by molar-refractivity contribution is 1.31. The molecule has 0 unspecified atom stereocenters. The quantitative estimate of drug-likeness (QED) is 0.762. The number of H-pyrrole nitrogens is 1. The Kier molecular flexibility index (Phi) is 2.00. The molecule has 0 aliphatic rings. The summed E-state index contributed by atoms with van der Waals surface area (Å²) in [6, 6.07) is 1.97. The Morgan fingerprint density at radius 3 is 3.08 bits per heavy atom. The lowest BCUT2D eigenvalue weighted by atomic mass is 10.4. The van der Waals surface area contributed by atoms with Crippen molar-refractivity contribution in [2.75, 3.05) is 0 Å². The second-order valence-corrected chi connectivity index (χ2v) is 3.12. The van der Waals surface area contributed by atoms with E-state index in [9.17, 15) is 0 Å². The maximum Gasteiger partial charge on any atom is 0.0924 e. The Balaban J connectivity index is 2.14. The molecule has 2 aromatic heterocycles. The van der Waals surface area contributed by atoms with Crippen LogP contribution in [0.3, 0.4) is 0 Å². The zero-order chi connectivity index (χ0) is 8.23. The fourth-order valence-corrected chi connectivity index (χ4v) is 1.34. The number of hydrogen-bond acceptors (Lipinski definition) is 3. The molecule has 2 heterocycles. The second-order valence-electron chi connectivity index (χ2n) is 2.26. The van der Waals surface area contributed by atoms with Crippen LogP contribution in [0.25, 0.3) is 12.2 Å². The molecule has 2 aromatic rings. The predicted octanol–water partition coefficient (Wildman–Crippen LogP) is 2.04. The molecule has 0 saturated carbocycles. The SMILES string of the molecule is C(=Cc1ccns1)c1cnc[nH]1. The average Bonchev–Trinajstić information content (AvgIpc) is 2.74. The third-order valence-electron chi connectivity index (χ3n) is 1.40. The first-order chi connectivity index (χ1) is 5.95. The van der Waals surface area contributed by atoms with Gasteiger partial charge in [-0.3, -0.25) is 0 Å². The summed E-state index contributed by atoms with van der Waals surface area (Å²) < 4.78 is 3.99. The van der Waals surface area contributed by atoms with Gasteiger partial charge in [0.2, 0.25) is 0 Å². The zero-order valence-electron chi connectivity index (χ0n) is 6.27. The van der Waals surface area contributed by atoms with Crippen LogP contribution in [0, 0.1) is 0 Å². The van der Waals surface area contributed by atoms with Crippen LogP contribution in [0.4, 0.5) is 0 Å². The van der Waals surface area contributed by atoms with Gasteiger partial charge in [0.15, 0.2) is 0 Å². The average molecular weight is 177 g/mol. The van der Waals surface area contributed by atoms with Crippen LogP contribution in [0.1, 0.15) is 10.6 Å². The van der Waals surface area contributed by atoms with Crippen LogP contribution in [0.15, 0.2) is 24.8 Å². The predicted molar refractivity (Wildman–Crippen MR) is 49.6 cm³/mol. The largest absolute Gasteiger partial charge is 0.345 e. The van der Waals surface area contributed by atoms with Crippen LogP contribution in [0.2, 0.25) is 0 Å². The van der Waals surface area contributed by atoms with Gasteiger partial charge in [-0.15, -0.1) is 0 Å². The van der Waals surface area contributed by atoms with Gasteiger partial charge in [0, 0.05) is 11.1 Å². The summed E-state index contributed by atoms with van der Waals surface area (Å²) in [5.74, 6) is 0. The molecule has 0 aliphatic heterocycles. The van der Waals surface area contributed by atoms with Gasteiger partial charge in [-0.2, -0.15) is 0 Å². The molecule has 60 valence electrons. The molecule has 0 spiro atoms. The lowest BCUT2D eigenvalue weighted by Gasteiger charge is -1.81. The molecule has 2 rings (SSSR count). The molecule has 4 heteroatoms. The molecular weight excluding hydrogens is 170 g/mol. The molecule has 0 radical (unpaired) electrons. The van der Waals surface area contributed by atoms with Gasteiger partial charge in [-0.1, -0.05) is 0 Å². The number of hydrogen-bond donors (Lipinski definition) is 1. The van der Waals surface area contributed by atoms with E-state index < -0.39 is 0 Å². The molecule has 12 heavy (non-hydrogen) atoms. The summed E-state index contributed by atoms with van der Waals surface area (Å²) in [6.07, 6.45) is 9.20. The molecule has 0 bridgehead atoms. The first-order valence-corrected chi connectivity index (χ1v) is 4.29. The van der Waals surface area contributed by atoms with E-state index in [2.05, 4.69) is 14.3 Å². The normalized spacial score (nSPS) is 11.0. The molecule has 0 fully saturated rings. The topological polar surface area (TPSA) is 41.6 Å². The third-order valence-corrected chi connectivity index (χ3v) is 2.11. The summed E-state index contributed by atoms with van der Waals surface area (Å²) in [5.41, 5.74) is 1.00. The van der Waals surface area contributed by atoms with Gasteiger partial charge in [0.1, 0.15) is 0 Å². The maximum absolute atomic E-state index is 3.99. The minimum atomic E-state index is 1.00. The first kappa shape index (κ1) is 7.24. The van der Waals surface area contributed by atoms with Crippen LogP contribution >= 0.6 is 11.5 Å². The Bertz CT molecular complexity index is 311. The molecule has 0 amide bonds. The standard InChI is InChI=1S/C8H7N3S/c1(7-5-9-6-10-7)2-8-3-4-11-12-8/h1-6H,(H,9,10). The Hall–Kier alpha value is -1.42. The van der Waals surface area contributed by atoms with Gasteiger partial charge in [0.05, 0.1) is 18.2 Å². The van der Waals surface area contributed by atoms with E-state index >= 15 is 0 Å². The van der Waals surface area contributed by atoms with Crippen LogP contribution in [0.5, 0.6) is 0 Å². The maximum atomic E-state index is 3.99. The molecule has 0 saturated heterocycles. The van der Waals surface area contributed by atoms with Crippen LogP contribution in [-0.4, -0.2) is 14.3 Å². The fraction of sp³-hybridized carbons (Fsp3) is 0. The third kappa shape index (κ3) is 1.60. The fourth-order valence-electron chi connectivity index (χ4n) is 0.841. The van der Waals surface area contributed by atoms with E-state index in [0.29, 0.717) is 0 Å². The highest BCUT2D eigenvalue weighted by atomic mass is 32.1. The Morgan fingerprint density at radius 2 is 2.42 bits per heavy atom. The van der Waals surface area contributed by atoms with Crippen molar-refractivity contribution in [3.8, 4) is 0 Å². The number of nitrogens with zero attached hydrogens (tertiary/aromatic N) is 2.